The standard InChI is InChI=1S/C21H18F2N2O5/c1-3-30-20(28)16-11(2)25(13-7-4-6-12(10-13)19(26)27)21(29)24-18(16)17-14(22)8-5-9-15(17)23/h4-10,18H,3H2,1-2H3,(H,24,29)(H,26,27)/t18-/m1/s1. The van der Waals surface area contributed by atoms with Crippen molar-refractivity contribution < 1.29 is 33.0 Å². The van der Waals surface area contributed by atoms with Gasteiger partial charge in [0.15, 0.2) is 0 Å². The lowest BCUT2D eigenvalue weighted by Gasteiger charge is -2.35. The molecule has 1 aliphatic rings. The highest BCUT2D eigenvalue weighted by Crippen LogP contribution is 2.36. The molecule has 0 saturated carbocycles. The van der Waals surface area contributed by atoms with Gasteiger partial charge >= 0.3 is 18.0 Å². The van der Waals surface area contributed by atoms with Crippen LogP contribution in [0.15, 0.2) is 53.7 Å². The SMILES string of the molecule is CCOC(=O)C1=C(C)N(c2cccc(C(=O)O)c2)C(=O)N[C@H]1c1c(F)cccc1F. The van der Waals surface area contributed by atoms with E-state index in [1.54, 1.807) is 6.92 Å². The van der Waals surface area contributed by atoms with Gasteiger partial charge in [-0.3, -0.25) is 4.90 Å². The number of ether oxygens (including phenoxy) is 1. The van der Waals surface area contributed by atoms with Crippen LogP contribution in [0.3, 0.4) is 0 Å². The maximum Gasteiger partial charge on any atom is 0.338 e. The van der Waals surface area contributed by atoms with Crippen molar-refractivity contribution in [2.45, 2.75) is 19.9 Å². The minimum atomic E-state index is -1.42. The highest BCUT2D eigenvalue weighted by atomic mass is 19.1. The monoisotopic (exact) mass is 416 g/mol. The molecule has 1 heterocycles. The molecule has 0 saturated heterocycles. The van der Waals surface area contributed by atoms with Gasteiger partial charge in [0.2, 0.25) is 0 Å². The van der Waals surface area contributed by atoms with Crippen molar-refractivity contribution in [2.75, 3.05) is 11.5 Å². The predicted molar refractivity (Wildman–Crippen MR) is 103 cm³/mol. The first-order chi connectivity index (χ1) is 14.3. The topological polar surface area (TPSA) is 95.9 Å². The van der Waals surface area contributed by atoms with Crippen molar-refractivity contribution >= 4 is 23.7 Å². The Hall–Kier alpha value is -3.75. The lowest BCUT2D eigenvalue weighted by molar-refractivity contribution is -0.139. The van der Waals surface area contributed by atoms with Gasteiger partial charge in [0.1, 0.15) is 11.6 Å². The van der Waals surface area contributed by atoms with Gasteiger partial charge in [-0.25, -0.2) is 23.2 Å². The molecule has 2 amide bonds. The number of carboxylic acid groups (broad SMARTS) is 1. The Bertz CT molecular complexity index is 1050. The second-order valence-corrected chi connectivity index (χ2v) is 6.43. The third kappa shape index (κ3) is 3.73. The highest BCUT2D eigenvalue weighted by molar-refractivity contribution is 6.03. The number of carbonyl (C=O) groups excluding carboxylic acids is 2. The summed E-state index contributed by atoms with van der Waals surface area (Å²) < 4.78 is 33.9. The number of allylic oxidation sites excluding steroid dienone is 1. The van der Waals surface area contributed by atoms with Gasteiger partial charge in [-0.05, 0) is 44.2 Å². The third-order valence-corrected chi connectivity index (χ3v) is 4.62. The second-order valence-electron chi connectivity index (χ2n) is 6.43. The molecule has 0 aliphatic carbocycles. The zero-order chi connectivity index (χ0) is 22.0. The molecule has 0 unspecified atom stereocenters. The van der Waals surface area contributed by atoms with Gasteiger partial charge < -0.3 is 15.2 Å². The van der Waals surface area contributed by atoms with E-state index in [1.165, 1.54) is 37.3 Å². The number of hydrogen-bond donors (Lipinski definition) is 2. The molecule has 2 aromatic carbocycles. The Morgan fingerprint density at radius 2 is 1.80 bits per heavy atom. The summed E-state index contributed by atoms with van der Waals surface area (Å²) in [5.74, 6) is -3.93. The zero-order valence-electron chi connectivity index (χ0n) is 16.1. The average Bonchev–Trinajstić information content (AvgIpc) is 2.68. The van der Waals surface area contributed by atoms with Crippen LogP contribution >= 0.6 is 0 Å². The number of rotatable bonds is 5. The molecule has 0 radical (unpaired) electrons. The van der Waals surface area contributed by atoms with E-state index in [1.807, 2.05) is 0 Å². The summed E-state index contributed by atoms with van der Waals surface area (Å²) in [6.45, 7) is 3.00. The van der Waals surface area contributed by atoms with Crippen LogP contribution in [-0.2, 0) is 9.53 Å². The lowest BCUT2D eigenvalue weighted by atomic mass is 9.93. The van der Waals surface area contributed by atoms with Crippen LogP contribution in [0.4, 0.5) is 19.3 Å². The van der Waals surface area contributed by atoms with E-state index in [0.717, 1.165) is 17.0 Å². The zero-order valence-corrected chi connectivity index (χ0v) is 16.1. The second kappa shape index (κ2) is 8.32. The van der Waals surface area contributed by atoms with E-state index >= 15 is 0 Å². The number of anilines is 1. The molecule has 30 heavy (non-hydrogen) atoms. The quantitative estimate of drug-likeness (QED) is 0.724. The van der Waals surface area contributed by atoms with E-state index in [9.17, 15) is 28.3 Å². The van der Waals surface area contributed by atoms with E-state index < -0.39 is 41.2 Å². The highest BCUT2D eigenvalue weighted by Gasteiger charge is 2.39. The van der Waals surface area contributed by atoms with Crippen LogP contribution in [0.5, 0.6) is 0 Å². The van der Waals surface area contributed by atoms with Crippen molar-refractivity contribution in [3.63, 3.8) is 0 Å². The molecule has 1 atom stereocenters. The molecule has 2 N–H and O–H groups in total. The number of esters is 1. The number of nitrogens with zero attached hydrogens (tertiary/aromatic N) is 1. The Morgan fingerprint density at radius 3 is 2.40 bits per heavy atom. The number of urea groups is 1. The van der Waals surface area contributed by atoms with Gasteiger partial charge in [-0.15, -0.1) is 0 Å². The molecule has 7 nitrogen and oxygen atoms in total. The minimum Gasteiger partial charge on any atom is -0.478 e. The summed E-state index contributed by atoms with van der Waals surface area (Å²) in [6, 6.07) is 6.51. The molecule has 9 heteroatoms. The van der Waals surface area contributed by atoms with Gasteiger partial charge in [-0.2, -0.15) is 0 Å². The van der Waals surface area contributed by atoms with Crippen LogP contribution in [-0.4, -0.2) is 29.7 Å². The Balaban J connectivity index is 2.20. The van der Waals surface area contributed by atoms with E-state index in [-0.39, 0.29) is 29.1 Å². The van der Waals surface area contributed by atoms with Crippen molar-refractivity contribution in [1.82, 2.24) is 5.32 Å². The maximum atomic E-state index is 14.4. The smallest absolute Gasteiger partial charge is 0.338 e. The molecule has 0 aromatic heterocycles. The maximum absolute atomic E-state index is 14.4. The van der Waals surface area contributed by atoms with Crippen LogP contribution < -0.4 is 10.2 Å². The van der Waals surface area contributed by atoms with Crippen molar-refractivity contribution in [3.05, 3.63) is 76.5 Å². The summed E-state index contributed by atoms with van der Waals surface area (Å²) in [7, 11) is 0. The summed E-state index contributed by atoms with van der Waals surface area (Å²) in [6.07, 6.45) is 0. The fraction of sp³-hybridized carbons (Fsp3) is 0.190. The van der Waals surface area contributed by atoms with E-state index in [4.69, 9.17) is 4.74 Å². The fourth-order valence-corrected chi connectivity index (χ4v) is 3.31. The van der Waals surface area contributed by atoms with E-state index in [0.29, 0.717) is 0 Å². The number of amides is 2. The van der Waals surface area contributed by atoms with Gasteiger partial charge in [0.25, 0.3) is 0 Å². The van der Waals surface area contributed by atoms with Crippen molar-refractivity contribution in [3.8, 4) is 0 Å². The van der Waals surface area contributed by atoms with Crippen molar-refractivity contribution in [2.24, 2.45) is 0 Å². The summed E-state index contributed by atoms with van der Waals surface area (Å²) in [5, 5.41) is 11.6. The molecule has 1 aliphatic heterocycles. The van der Waals surface area contributed by atoms with Gasteiger partial charge in [0, 0.05) is 5.70 Å². The molecule has 2 aromatic rings. The first-order valence-corrected chi connectivity index (χ1v) is 9.02. The Kier molecular flexibility index (Phi) is 5.81. The average molecular weight is 416 g/mol. The first kappa shape index (κ1) is 21.0. The van der Waals surface area contributed by atoms with Gasteiger partial charge in [-0.1, -0.05) is 12.1 Å². The van der Waals surface area contributed by atoms with Crippen LogP contribution in [0.2, 0.25) is 0 Å². The number of nitrogens with one attached hydrogen (secondary N) is 1. The predicted octanol–water partition coefficient (Wildman–Crippen LogP) is 3.77. The van der Waals surface area contributed by atoms with Crippen LogP contribution in [0.25, 0.3) is 0 Å². The molecule has 0 fully saturated rings. The fourth-order valence-electron chi connectivity index (χ4n) is 3.31. The normalized spacial score (nSPS) is 16.3. The molecule has 3 rings (SSSR count). The third-order valence-electron chi connectivity index (χ3n) is 4.62. The van der Waals surface area contributed by atoms with Crippen LogP contribution in [0.1, 0.15) is 35.8 Å². The van der Waals surface area contributed by atoms with Gasteiger partial charge in [0.05, 0.1) is 35.0 Å². The largest absolute Gasteiger partial charge is 0.478 e. The number of halogens is 2. The van der Waals surface area contributed by atoms with Crippen molar-refractivity contribution in [1.29, 1.82) is 0 Å². The lowest BCUT2D eigenvalue weighted by Crippen LogP contribution is -2.48. The number of aromatic carboxylic acids is 1. The summed E-state index contributed by atoms with van der Waals surface area (Å²) in [5.41, 5.74) is -0.507. The molecule has 156 valence electrons. The molecular formula is C21H18F2N2O5. The number of carbonyl (C=O) groups is 3. The number of carboxylic acids is 1. The molecular weight excluding hydrogens is 398 g/mol. The van der Waals surface area contributed by atoms with Crippen LogP contribution in [0, 0.1) is 11.6 Å². The Labute approximate surface area is 170 Å². The number of hydrogen-bond acceptors (Lipinski definition) is 4. The van der Waals surface area contributed by atoms with E-state index in [2.05, 4.69) is 5.32 Å². The summed E-state index contributed by atoms with van der Waals surface area (Å²) >= 11 is 0. The Morgan fingerprint density at radius 1 is 1.17 bits per heavy atom. The number of benzene rings is 2. The molecule has 0 bridgehead atoms. The summed E-state index contributed by atoms with van der Waals surface area (Å²) in [4.78, 5) is 37.9. The first-order valence-electron chi connectivity index (χ1n) is 9.02. The molecule has 0 spiro atoms. The minimum absolute atomic E-state index is 0.00450.